The Bertz CT molecular complexity index is 433. The summed E-state index contributed by atoms with van der Waals surface area (Å²) >= 11 is 0. The Morgan fingerprint density at radius 1 is 1.17 bits per heavy atom. The van der Waals surface area contributed by atoms with E-state index in [1.807, 2.05) is 0 Å². The fourth-order valence-corrected chi connectivity index (χ4v) is 3.15. The summed E-state index contributed by atoms with van der Waals surface area (Å²) in [5, 5.41) is 0. The summed E-state index contributed by atoms with van der Waals surface area (Å²) < 4.78 is 0. The Morgan fingerprint density at radius 3 is 2.21 bits per heavy atom. The van der Waals surface area contributed by atoms with Crippen LogP contribution in [-0.4, -0.2) is 6.04 Å². The zero-order valence-electron chi connectivity index (χ0n) is 17.7. The van der Waals surface area contributed by atoms with E-state index in [0.29, 0.717) is 17.3 Å². The molecule has 3 atom stereocenters. The van der Waals surface area contributed by atoms with Crippen LogP contribution in [0.15, 0.2) is 35.5 Å². The molecule has 24 heavy (non-hydrogen) atoms. The summed E-state index contributed by atoms with van der Waals surface area (Å²) in [5.41, 5.74) is 11.0. The number of nitrogens with two attached hydrogens (primary N) is 1. The fraction of sp³-hybridized carbons (Fsp3) is 0.739. The van der Waals surface area contributed by atoms with Gasteiger partial charge in [-0.1, -0.05) is 71.4 Å². The number of hydrogen-bond donors (Lipinski definition) is 1. The molecule has 0 radical (unpaired) electrons. The smallest absolute Gasteiger partial charge is 0.00994 e. The zero-order chi connectivity index (χ0) is 18.9. The average Bonchev–Trinajstić information content (AvgIpc) is 2.50. The Hall–Kier alpha value is -0.820. The maximum atomic E-state index is 6.33. The van der Waals surface area contributed by atoms with Crippen LogP contribution in [0.4, 0.5) is 0 Å². The lowest BCUT2D eigenvalue weighted by molar-refractivity contribution is 0.378. The lowest BCUT2D eigenvalue weighted by Gasteiger charge is -2.24. The molecule has 0 heterocycles. The van der Waals surface area contributed by atoms with Gasteiger partial charge >= 0.3 is 0 Å². The van der Waals surface area contributed by atoms with Gasteiger partial charge < -0.3 is 5.73 Å². The first-order chi connectivity index (χ1) is 11.0. The molecule has 140 valence electrons. The molecule has 0 aliphatic carbocycles. The number of allylic oxidation sites excluding steroid dienone is 4. The molecule has 1 nitrogen and oxygen atoms in total. The molecule has 0 fully saturated rings. The molecule has 0 aliphatic rings. The predicted molar refractivity (Wildman–Crippen MR) is 111 cm³/mol. The first kappa shape index (κ1) is 23.2. The van der Waals surface area contributed by atoms with Crippen molar-refractivity contribution < 1.29 is 0 Å². The third-order valence-corrected chi connectivity index (χ3v) is 5.28. The Labute approximate surface area is 152 Å². The van der Waals surface area contributed by atoms with Crippen LogP contribution in [0.2, 0.25) is 0 Å². The van der Waals surface area contributed by atoms with Crippen LogP contribution in [-0.2, 0) is 0 Å². The second-order valence-electron chi connectivity index (χ2n) is 8.71. The van der Waals surface area contributed by atoms with Crippen LogP contribution in [0, 0.1) is 17.3 Å². The van der Waals surface area contributed by atoms with Gasteiger partial charge in [-0.3, -0.25) is 0 Å². The van der Waals surface area contributed by atoms with Crippen LogP contribution >= 0.6 is 0 Å². The maximum Gasteiger partial charge on any atom is 0.00994 e. The summed E-state index contributed by atoms with van der Waals surface area (Å²) in [6.45, 7) is 22.5. The molecule has 1 heteroatoms. The van der Waals surface area contributed by atoms with E-state index in [4.69, 9.17) is 5.73 Å². The van der Waals surface area contributed by atoms with Crippen LogP contribution in [0.3, 0.4) is 0 Å². The lowest BCUT2D eigenvalue weighted by Crippen LogP contribution is -2.27. The van der Waals surface area contributed by atoms with Gasteiger partial charge in [0.25, 0.3) is 0 Å². The second kappa shape index (κ2) is 10.9. The molecule has 0 amide bonds. The number of hydrogen-bond acceptors (Lipinski definition) is 1. The van der Waals surface area contributed by atoms with Crippen molar-refractivity contribution in [1.82, 2.24) is 0 Å². The first-order valence-electron chi connectivity index (χ1n) is 9.79. The van der Waals surface area contributed by atoms with Crippen molar-refractivity contribution in [1.29, 1.82) is 0 Å². The molecular formula is C23H43N. The third-order valence-electron chi connectivity index (χ3n) is 5.28. The van der Waals surface area contributed by atoms with Crippen LogP contribution in [0.5, 0.6) is 0 Å². The van der Waals surface area contributed by atoms with E-state index in [9.17, 15) is 0 Å². The minimum absolute atomic E-state index is 0.255. The summed E-state index contributed by atoms with van der Waals surface area (Å²) in [6, 6.07) is 0.255. The highest BCUT2D eigenvalue weighted by Gasteiger charge is 2.17. The molecule has 0 bridgehead atoms. The SMILES string of the molecule is C=C(CCC(C)(C)C)/C(CC)=C(\C)C(C)CCC(N)C(C)/C=C\C. The van der Waals surface area contributed by atoms with Gasteiger partial charge in [-0.15, -0.1) is 0 Å². The zero-order valence-corrected chi connectivity index (χ0v) is 17.7. The van der Waals surface area contributed by atoms with Gasteiger partial charge in [0.2, 0.25) is 0 Å². The summed E-state index contributed by atoms with van der Waals surface area (Å²) in [6.07, 6.45) is 9.94. The van der Waals surface area contributed by atoms with Crippen molar-refractivity contribution in [3.63, 3.8) is 0 Å². The fourth-order valence-electron chi connectivity index (χ4n) is 3.15. The molecule has 0 aromatic carbocycles. The molecule has 0 saturated heterocycles. The minimum atomic E-state index is 0.255. The van der Waals surface area contributed by atoms with Gasteiger partial charge in [-0.05, 0) is 68.8 Å². The molecule has 2 N–H and O–H groups in total. The van der Waals surface area contributed by atoms with Gasteiger partial charge in [0, 0.05) is 6.04 Å². The van der Waals surface area contributed by atoms with E-state index in [-0.39, 0.29) is 6.04 Å². The first-order valence-corrected chi connectivity index (χ1v) is 9.79. The Kier molecular flexibility index (Phi) is 10.6. The normalized spacial score (nSPS) is 17.5. The van der Waals surface area contributed by atoms with E-state index < -0.39 is 0 Å². The van der Waals surface area contributed by atoms with E-state index in [2.05, 4.69) is 74.1 Å². The van der Waals surface area contributed by atoms with Gasteiger partial charge in [0.1, 0.15) is 0 Å². The molecule has 0 saturated carbocycles. The highest BCUT2D eigenvalue weighted by atomic mass is 14.6. The van der Waals surface area contributed by atoms with Crippen LogP contribution < -0.4 is 5.73 Å². The van der Waals surface area contributed by atoms with E-state index in [0.717, 1.165) is 25.7 Å². The summed E-state index contributed by atoms with van der Waals surface area (Å²) in [4.78, 5) is 0. The van der Waals surface area contributed by atoms with Crippen molar-refractivity contribution in [2.24, 2.45) is 23.0 Å². The molecular weight excluding hydrogens is 290 g/mol. The van der Waals surface area contributed by atoms with Gasteiger partial charge in [-0.2, -0.15) is 0 Å². The van der Waals surface area contributed by atoms with Crippen LogP contribution in [0.25, 0.3) is 0 Å². The van der Waals surface area contributed by atoms with Crippen LogP contribution in [0.1, 0.15) is 87.5 Å². The van der Waals surface area contributed by atoms with Crippen molar-refractivity contribution in [2.45, 2.75) is 93.5 Å². The van der Waals surface area contributed by atoms with Gasteiger partial charge in [-0.25, -0.2) is 0 Å². The molecule has 0 aromatic heterocycles. The van der Waals surface area contributed by atoms with E-state index >= 15 is 0 Å². The third kappa shape index (κ3) is 8.87. The van der Waals surface area contributed by atoms with Gasteiger partial charge in [0.05, 0.1) is 0 Å². The molecule has 0 aliphatic heterocycles. The van der Waals surface area contributed by atoms with Crippen molar-refractivity contribution in [2.75, 3.05) is 0 Å². The van der Waals surface area contributed by atoms with Crippen molar-refractivity contribution in [3.8, 4) is 0 Å². The lowest BCUT2D eigenvalue weighted by atomic mass is 9.83. The van der Waals surface area contributed by atoms with Crippen molar-refractivity contribution >= 4 is 0 Å². The van der Waals surface area contributed by atoms with Crippen molar-refractivity contribution in [3.05, 3.63) is 35.5 Å². The molecule has 0 rings (SSSR count). The van der Waals surface area contributed by atoms with E-state index in [1.54, 1.807) is 0 Å². The Balaban J connectivity index is 4.80. The number of rotatable bonds is 10. The quantitative estimate of drug-likeness (QED) is 0.336. The second-order valence-corrected chi connectivity index (χ2v) is 8.71. The van der Waals surface area contributed by atoms with Gasteiger partial charge in [0.15, 0.2) is 0 Å². The topological polar surface area (TPSA) is 26.0 Å². The molecule has 0 spiro atoms. The average molecular weight is 334 g/mol. The maximum absolute atomic E-state index is 6.33. The summed E-state index contributed by atoms with van der Waals surface area (Å²) in [7, 11) is 0. The molecule has 0 aromatic rings. The Morgan fingerprint density at radius 2 is 1.75 bits per heavy atom. The largest absolute Gasteiger partial charge is 0.327 e. The minimum Gasteiger partial charge on any atom is -0.327 e. The standard InChI is InChI=1S/C23H43N/c1-10-12-19(5)22(24)14-13-17(3)20(6)21(11-2)18(4)15-16-23(7,8)9/h10,12,17,19,22H,4,11,13-16,24H2,1-3,5-9H3/b12-10-,21-20+. The predicted octanol–water partition coefficient (Wildman–Crippen LogP) is 7.05. The monoisotopic (exact) mass is 333 g/mol. The van der Waals surface area contributed by atoms with E-state index in [1.165, 1.54) is 23.1 Å². The highest BCUT2D eigenvalue weighted by molar-refractivity contribution is 5.33. The molecule has 3 unspecified atom stereocenters. The highest BCUT2D eigenvalue weighted by Crippen LogP contribution is 2.31. The summed E-state index contributed by atoms with van der Waals surface area (Å²) in [5.74, 6) is 1.04.